The number of esters is 1. The number of carbonyl (C=O) groups excluding carboxylic acids is 2. The third kappa shape index (κ3) is 2.41. The molecule has 102 valence electrons. The van der Waals surface area contributed by atoms with E-state index in [4.69, 9.17) is 10.5 Å². The van der Waals surface area contributed by atoms with Gasteiger partial charge in [-0.25, -0.2) is 9.69 Å². The van der Waals surface area contributed by atoms with E-state index < -0.39 is 12.0 Å². The Balaban J connectivity index is 2.33. The summed E-state index contributed by atoms with van der Waals surface area (Å²) in [6.45, 7) is 2.88. The van der Waals surface area contributed by atoms with Crippen LogP contribution in [-0.2, 0) is 9.53 Å². The van der Waals surface area contributed by atoms with Gasteiger partial charge in [0.05, 0.1) is 25.5 Å². The van der Waals surface area contributed by atoms with Crippen molar-refractivity contribution in [3.63, 3.8) is 0 Å². The number of carbonyl (C=O) groups is 2. The SMILES string of the molecule is CCOC(=O)C1c2cncc[n+]2C(=O)N1CCCN. The van der Waals surface area contributed by atoms with Gasteiger partial charge in [0, 0.05) is 0 Å². The molecule has 0 aromatic carbocycles. The molecule has 19 heavy (non-hydrogen) atoms. The van der Waals surface area contributed by atoms with E-state index >= 15 is 0 Å². The van der Waals surface area contributed by atoms with E-state index in [-0.39, 0.29) is 12.6 Å². The quantitative estimate of drug-likeness (QED) is 0.578. The molecule has 0 fully saturated rings. The summed E-state index contributed by atoms with van der Waals surface area (Å²) in [6, 6.07) is -0.975. The molecule has 1 aromatic heterocycles. The number of rotatable bonds is 5. The minimum absolute atomic E-state index is 0.246. The average molecular weight is 265 g/mol. The topological polar surface area (TPSA) is 89.4 Å². The predicted molar refractivity (Wildman–Crippen MR) is 65.0 cm³/mol. The Morgan fingerprint density at radius 2 is 2.42 bits per heavy atom. The Morgan fingerprint density at radius 3 is 3.11 bits per heavy atom. The summed E-state index contributed by atoms with van der Waals surface area (Å²) in [7, 11) is 0. The van der Waals surface area contributed by atoms with Gasteiger partial charge < -0.3 is 10.5 Å². The van der Waals surface area contributed by atoms with Crippen molar-refractivity contribution >= 4 is 12.0 Å². The molecule has 0 bridgehead atoms. The van der Waals surface area contributed by atoms with Crippen molar-refractivity contribution in [2.24, 2.45) is 5.73 Å². The second-order valence-corrected chi connectivity index (χ2v) is 4.14. The normalized spacial score (nSPS) is 17.5. The number of ether oxygens (including phenoxy) is 1. The summed E-state index contributed by atoms with van der Waals surface area (Å²) in [5.74, 6) is -0.438. The van der Waals surface area contributed by atoms with Crippen LogP contribution in [-0.4, -0.2) is 41.6 Å². The molecule has 1 aromatic rings. The molecular formula is C12H17N4O3+. The highest BCUT2D eigenvalue weighted by Crippen LogP contribution is 2.24. The van der Waals surface area contributed by atoms with Crippen LogP contribution in [0.4, 0.5) is 4.79 Å². The van der Waals surface area contributed by atoms with Crippen molar-refractivity contribution in [1.29, 1.82) is 0 Å². The monoisotopic (exact) mass is 265 g/mol. The minimum atomic E-state index is -0.729. The van der Waals surface area contributed by atoms with Crippen LogP contribution in [0.5, 0.6) is 0 Å². The zero-order valence-corrected chi connectivity index (χ0v) is 10.8. The lowest BCUT2D eigenvalue weighted by Gasteiger charge is -2.14. The number of aromatic nitrogens is 2. The van der Waals surface area contributed by atoms with E-state index in [2.05, 4.69) is 4.98 Å². The lowest BCUT2D eigenvalue weighted by molar-refractivity contribution is -0.573. The van der Waals surface area contributed by atoms with Crippen LogP contribution in [0.15, 0.2) is 18.6 Å². The number of nitrogens with two attached hydrogens (primary N) is 1. The average Bonchev–Trinajstić information content (AvgIpc) is 2.70. The van der Waals surface area contributed by atoms with E-state index in [0.717, 1.165) is 0 Å². The zero-order valence-electron chi connectivity index (χ0n) is 10.8. The van der Waals surface area contributed by atoms with Gasteiger partial charge in [0.2, 0.25) is 0 Å². The Morgan fingerprint density at radius 1 is 1.63 bits per heavy atom. The Kier molecular flexibility index (Phi) is 4.06. The van der Waals surface area contributed by atoms with Crippen molar-refractivity contribution < 1.29 is 18.9 Å². The number of fused-ring (bicyclic) bond motifs is 1. The van der Waals surface area contributed by atoms with Crippen LogP contribution in [0.25, 0.3) is 0 Å². The van der Waals surface area contributed by atoms with E-state index in [1.165, 1.54) is 21.9 Å². The second-order valence-electron chi connectivity index (χ2n) is 4.14. The highest BCUT2D eigenvalue weighted by molar-refractivity contribution is 5.83. The molecule has 1 unspecified atom stereocenters. The molecule has 0 saturated heterocycles. The summed E-state index contributed by atoms with van der Waals surface area (Å²) in [5, 5.41) is 0. The number of hydrogen-bond acceptors (Lipinski definition) is 5. The lowest BCUT2D eigenvalue weighted by Crippen LogP contribution is -2.46. The first-order valence-electron chi connectivity index (χ1n) is 6.24. The molecule has 0 saturated carbocycles. The first-order valence-corrected chi connectivity index (χ1v) is 6.24. The largest absolute Gasteiger partial charge is 0.499 e. The smallest absolute Gasteiger partial charge is 0.462 e. The fraction of sp³-hybridized carbons (Fsp3) is 0.500. The van der Waals surface area contributed by atoms with Crippen molar-refractivity contribution in [2.45, 2.75) is 19.4 Å². The van der Waals surface area contributed by atoms with Crippen LogP contribution in [0, 0.1) is 0 Å². The van der Waals surface area contributed by atoms with E-state index in [9.17, 15) is 9.59 Å². The fourth-order valence-electron chi connectivity index (χ4n) is 2.11. The summed E-state index contributed by atoms with van der Waals surface area (Å²) in [6.07, 6.45) is 5.20. The van der Waals surface area contributed by atoms with E-state index in [0.29, 0.717) is 25.2 Å². The molecule has 1 amide bonds. The first kappa shape index (κ1) is 13.4. The maximum Gasteiger partial charge on any atom is 0.499 e. The maximum atomic E-state index is 12.2. The third-order valence-corrected chi connectivity index (χ3v) is 2.94. The van der Waals surface area contributed by atoms with Crippen LogP contribution in [0.2, 0.25) is 0 Å². The van der Waals surface area contributed by atoms with Crippen LogP contribution in [0.1, 0.15) is 25.1 Å². The van der Waals surface area contributed by atoms with Crippen LogP contribution in [0.3, 0.4) is 0 Å². The number of amides is 1. The van der Waals surface area contributed by atoms with Crippen molar-refractivity contribution in [2.75, 3.05) is 19.7 Å². The fourth-order valence-corrected chi connectivity index (χ4v) is 2.11. The summed E-state index contributed by atoms with van der Waals surface area (Å²) < 4.78 is 6.46. The van der Waals surface area contributed by atoms with Crippen molar-refractivity contribution in [3.05, 3.63) is 24.3 Å². The molecular weight excluding hydrogens is 248 g/mol. The molecule has 0 radical (unpaired) electrons. The molecule has 0 aliphatic carbocycles. The third-order valence-electron chi connectivity index (χ3n) is 2.94. The molecule has 2 heterocycles. The predicted octanol–water partition coefficient (Wildman–Crippen LogP) is -0.394. The number of hydrogen-bond donors (Lipinski definition) is 1. The molecule has 0 spiro atoms. The van der Waals surface area contributed by atoms with Gasteiger partial charge >= 0.3 is 12.0 Å². The highest BCUT2D eigenvalue weighted by atomic mass is 16.5. The molecule has 1 aliphatic rings. The van der Waals surface area contributed by atoms with Crippen molar-refractivity contribution in [3.8, 4) is 0 Å². The summed E-state index contributed by atoms with van der Waals surface area (Å²) >= 11 is 0. The molecule has 7 nitrogen and oxygen atoms in total. The van der Waals surface area contributed by atoms with Gasteiger partial charge in [-0.1, -0.05) is 0 Å². The number of nitrogens with zero attached hydrogens (tertiary/aromatic N) is 3. The van der Waals surface area contributed by atoms with Gasteiger partial charge in [0.25, 0.3) is 6.04 Å². The van der Waals surface area contributed by atoms with Gasteiger partial charge in [0.15, 0.2) is 5.69 Å². The first-order chi connectivity index (χ1) is 9.20. The molecule has 2 N–H and O–H groups in total. The van der Waals surface area contributed by atoms with Crippen LogP contribution >= 0.6 is 0 Å². The Bertz CT molecular complexity index is 492. The van der Waals surface area contributed by atoms with Crippen LogP contribution < -0.4 is 10.3 Å². The van der Waals surface area contributed by atoms with Gasteiger partial charge in [-0.15, -0.1) is 0 Å². The Hall–Kier alpha value is -2.02. The molecule has 1 aliphatic heterocycles. The molecule has 7 heteroatoms. The second kappa shape index (κ2) is 5.75. The zero-order chi connectivity index (χ0) is 13.8. The molecule has 1 atom stereocenters. The highest BCUT2D eigenvalue weighted by Gasteiger charge is 2.50. The van der Waals surface area contributed by atoms with Gasteiger partial charge in [-0.2, -0.15) is 9.36 Å². The standard InChI is InChI=1S/C12H17N4O3/c1-2-19-11(17)10-9-8-14-5-7-15(9)12(18)16(10)6-3-4-13/h5,7-8,10H,2-4,6,13H2,1H3/q+1. The lowest BCUT2D eigenvalue weighted by atomic mass is 10.2. The maximum absolute atomic E-state index is 12.2. The van der Waals surface area contributed by atoms with Gasteiger partial charge in [-0.3, -0.25) is 4.98 Å². The van der Waals surface area contributed by atoms with E-state index in [1.54, 1.807) is 13.1 Å². The summed E-state index contributed by atoms with van der Waals surface area (Å²) in [4.78, 5) is 29.7. The van der Waals surface area contributed by atoms with Gasteiger partial charge in [0.1, 0.15) is 6.20 Å². The molecule has 2 rings (SSSR count). The van der Waals surface area contributed by atoms with Crippen molar-refractivity contribution in [1.82, 2.24) is 9.88 Å². The minimum Gasteiger partial charge on any atom is -0.462 e. The van der Waals surface area contributed by atoms with E-state index in [1.807, 2.05) is 0 Å². The Labute approximate surface area is 111 Å². The summed E-state index contributed by atoms with van der Waals surface area (Å²) in [5.41, 5.74) is 5.99. The van der Waals surface area contributed by atoms with Gasteiger partial charge in [-0.05, 0) is 19.9 Å².